The van der Waals surface area contributed by atoms with Gasteiger partial charge in [0.1, 0.15) is 0 Å². The van der Waals surface area contributed by atoms with E-state index in [1.54, 1.807) is 0 Å². The van der Waals surface area contributed by atoms with E-state index in [1.807, 2.05) is 7.05 Å². The molecule has 0 bridgehead atoms. The SMILES string of the molecule is CN=C(NCCn1cccc1)NCC1CCCCC1C.I. The van der Waals surface area contributed by atoms with E-state index in [0.717, 1.165) is 37.4 Å². The van der Waals surface area contributed by atoms with Gasteiger partial charge in [0.25, 0.3) is 0 Å². The Bertz CT molecular complexity index is 402. The molecule has 2 N–H and O–H groups in total. The molecule has 2 unspecified atom stereocenters. The van der Waals surface area contributed by atoms with Crippen molar-refractivity contribution in [3.8, 4) is 0 Å². The van der Waals surface area contributed by atoms with Crippen molar-refractivity contribution in [2.45, 2.75) is 39.2 Å². The molecular weight excluding hydrogens is 375 g/mol. The lowest BCUT2D eigenvalue weighted by molar-refractivity contribution is 0.256. The molecule has 0 aromatic carbocycles. The Kier molecular flexibility index (Phi) is 8.80. The van der Waals surface area contributed by atoms with E-state index in [4.69, 9.17) is 0 Å². The lowest BCUT2D eigenvalue weighted by atomic mass is 9.80. The summed E-state index contributed by atoms with van der Waals surface area (Å²) >= 11 is 0. The molecule has 1 aromatic rings. The number of aliphatic imine (C=N–C) groups is 1. The van der Waals surface area contributed by atoms with Crippen molar-refractivity contribution >= 4 is 29.9 Å². The Hall–Kier alpha value is -0.720. The summed E-state index contributed by atoms with van der Waals surface area (Å²) in [5.41, 5.74) is 0. The summed E-state index contributed by atoms with van der Waals surface area (Å²) in [7, 11) is 1.84. The molecule has 1 heterocycles. The number of guanidine groups is 1. The predicted molar refractivity (Wildman–Crippen MR) is 100 cm³/mol. The van der Waals surface area contributed by atoms with Crippen LogP contribution in [0.2, 0.25) is 0 Å². The van der Waals surface area contributed by atoms with Crippen molar-refractivity contribution in [3.63, 3.8) is 0 Å². The van der Waals surface area contributed by atoms with Crippen molar-refractivity contribution in [1.82, 2.24) is 15.2 Å². The van der Waals surface area contributed by atoms with Crippen LogP contribution in [-0.2, 0) is 6.54 Å². The van der Waals surface area contributed by atoms with Gasteiger partial charge in [-0.2, -0.15) is 0 Å². The molecular formula is C16H29IN4. The molecule has 2 rings (SSSR count). The van der Waals surface area contributed by atoms with Crippen LogP contribution in [0.3, 0.4) is 0 Å². The largest absolute Gasteiger partial charge is 0.356 e. The minimum absolute atomic E-state index is 0. The zero-order valence-corrected chi connectivity index (χ0v) is 15.5. The first kappa shape index (κ1) is 18.3. The van der Waals surface area contributed by atoms with Crippen LogP contribution in [-0.4, -0.2) is 30.7 Å². The van der Waals surface area contributed by atoms with Gasteiger partial charge in [-0.15, -0.1) is 24.0 Å². The number of hydrogen-bond donors (Lipinski definition) is 2. The van der Waals surface area contributed by atoms with Gasteiger partial charge in [0.2, 0.25) is 0 Å². The number of halogens is 1. The fourth-order valence-electron chi connectivity index (χ4n) is 2.97. The fourth-order valence-corrected chi connectivity index (χ4v) is 2.97. The Balaban J connectivity index is 0.00000220. The Morgan fingerprint density at radius 2 is 1.90 bits per heavy atom. The quantitative estimate of drug-likeness (QED) is 0.450. The van der Waals surface area contributed by atoms with Crippen molar-refractivity contribution < 1.29 is 0 Å². The highest BCUT2D eigenvalue weighted by Crippen LogP contribution is 2.28. The topological polar surface area (TPSA) is 41.4 Å². The minimum atomic E-state index is 0. The zero-order valence-electron chi connectivity index (χ0n) is 13.2. The monoisotopic (exact) mass is 404 g/mol. The maximum Gasteiger partial charge on any atom is 0.191 e. The van der Waals surface area contributed by atoms with E-state index in [9.17, 15) is 0 Å². The molecule has 0 saturated heterocycles. The first-order valence-corrected chi connectivity index (χ1v) is 7.85. The maximum absolute atomic E-state index is 4.30. The van der Waals surface area contributed by atoms with Gasteiger partial charge in [0.05, 0.1) is 0 Å². The number of nitrogens with one attached hydrogen (secondary N) is 2. The van der Waals surface area contributed by atoms with Gasteiger partial charge in [-0.3, -0.25) is 4.99 Å². The third-order valence-electron chi connectivity index (χ3n) is 4.37. The molecule has 0 radical (unpaired) electrons. The normalized spacial score (nSPS) is 22.5. The average Bonchev–Trinajstić information content (AvgIpc) is 2.97. The molecule has 1 fully saturated rings. The van der Waals surface area contributed by atoms with Gasteiger partial charge in [-0.1, -0.05) is 26.2 Å². The molecule has 1 aliphatic carbocycles. The molecule has 1 saturated carbocycles. The molecule has 120 valence electrons. The lowest BCUT2D eigenvalue weighted by Gasteiger charge is -2.29. The van der Waals surface area contributed by atoms with Crippen LogP contribution in [0, 0.1) is 11.8 Å². The van der Waals surface area contributed by atoms with Crippen molar-refractivity contribution in [3.05, 3.63) is 24.5 Å². The Morgan fingerprint density at radius 1 is 1.19 bits per heavy atom. The predicted octanol–water partition coefficient (Wildman–Crippen LogP) is 3.10. The second-order valence-corrected chi connectivity index (χ2v) is 5.82. The minimum Gasteiger partial charge on any atom is -0.356 e. The standard InChI is InChI=1S/C16H28N4.HI/c1-14-7-3-4-8-15(14)13-19-16(17-2)18-9-12-20-10-5-6-11-20;/h5-6,10-11,14-15H,3-4,7-9,12-13H2,1-2H3,(H2,17,18,19);1H. The summed E-state index contributed by atoms with van der Waals surface area (Å²) in [6, 6.07) is 4.11. The van der Waals surface area contributed by atoms with E-state index in [-0.39, 0.29) is 24.0 Å². The smallest absolute Gasteiger partial charge is 0.191 e. The van der Waals surface area contributed by atoms with Gasteiger partial charge in [-0.25, -0.2) is 0 Å². The summed E-state index contributed by atoms with van der Waals surface area (Å²) < 4.78 is 2.17. The lowest BCUT2D eigenvalue weighted by Crippen LogP contribution is -2.42. The van der Waals surface area contributed by atoms with E-state index in [2.05, 4.69) is 51.6 Å². The van der Waals surface area contributed by atoms with E-state index < -0.39 is 0 Å². The average molecular weight is 404 g/mol. The molecule has 2 atom stereocenters. The molecule has 0 amide bonds. The van der Waals surface area contributed by atoms with E-state index in [1.165, 1.54) is 25.7 Å². The first-order chi connectivity index (χ1) is 9.79. The number of rotatable bonds is 5. The summed E-state index contributed by atoms with van der Waals surface area (Å²) in [4.78, 5) is 4.30. The molecule has 0 spiro atoms. The molecule has 5 heteroatoms. The Morgan fingerprint density at radius 3 is 2.57 bits per heavy atom. The number of hydrogen-bond acceptors (Lipinski definition) is 1. The van der Waals surface area contributed by atoms with Gasteiger partial charge in [0.15, 0.2) is 5.96 Å². The third-order valence-corrected chi connectivity index (χ3v) is 4.37. The summed E-state index contributed by atoms with van der Waals surface area (Å²) in [6.07, 6.45) is 9.70. The number of nitrogens with zero attached hydrogens (tertiary/aromatic N) is 2. The second kappa shape index (κ2) is 10.1. The molecule has 21 heavy (non-hydrogen) atoms. The van der Waals surface area contributed by atoms with Gasteiger partial charge in [-0.05, 0) is 30.4 Å². The van der Waals surface area contributed by atoms with E-state index in [0.29, 0.717) is 0 Å². The van der Waals surface area contributed by atoms with Gasteiger partial charge >= 0.3 is 0 Å². The first-order valence-electron chi connectivity index (χ1n) is 7.85. The molecule has 1 aromatic heterocycles. The van der Waals surface area contributed by atoms with E-state index >= 15 is 0 Å². The van der Waals surface area contributed by atoms with Crippen molar-refractivity contribution in [2.75, 3.05) is 20.1 Å². The summed E-state index contributed by atoms with van der Waals surface area (Å²) in [5, 5.41) is 6.86. The summed E-state index contributed by atoms with van der Waals surface area (Å²) in [5.74, 6) is 2.57. The maximum atomic E-state index is 4.30. The van der Waals surface area contributed by atoms with Crippen LogP contribution in [0.1, 0.15) is 32.6 Å². The summed E-state index contributed by atoms with van der Waals surface area (Å²) in [6.45, 7) is 5.29. The highest BCUT2D eigenvalue weighted by Gasteiger charge is 2.21. The fraction of sp³-hybridized carbons (Fsp3) is 0.688. The third kappa shape index (κ3) is 6.28. The highest BCUT2D eigenvalue weighted by atomic mass is 127. The van der Waals surface area contributed by atoms with Crippen LogP contribution < -0.4 is 10.6 Å². The highest BCUT2D eigenvalue weighted by molar-refractivity contribution is 14.0. The van der Waals surface area contributed by atoms with Gasteiger partial charge < -0.3 is 15.2 Å². The second-order valence-electron chi connectivity index (χ2n) is 5.82. The van der Waals surface area contributed by atoms with Crippen LogP contribution in [0.5, 0.6) is 0 Å². The van der Waals surface area contributed by atoms with Gasteiger partial charge in [0, 0.05) is 39.1 Å². The van der Waals surface area contributed by atoms with Crippen LogP contribution in [0.4, 0.5) is 0 Å². The van der Waals surface area contributed by atoms with Crippen molar-refractivity contribution in [1.29, 1.82) is 0 Å². The number of aromatic nitrogens is 1. The van der Waals surface area contributed by atoms with Crippen LogP contribution >= 0.6 is 24.0 Å². The Labute approximate surface area is 145 Å². The van der Waals surface area contributed by atoms with Crippen molar-refractivity contribution in [2.24, 2.45) is 16.8 Å². The van der Waals surface area contributed by atoms with Crippen LogP contribution in [0.15, 0.2) is 29.5 Å². The molecule has 4 nitrogen and oxygen atoms in total. The zero-order chi connectivity index (χ0) is 14.2. The molecule has 1 aliphatic rings. The molecule has 0 aliphatic heterocycles. The van der Waals surface area contributed by atoms with Crippen LogP contribution in [0.25, 0.3) is 0 Å².